The average molecular weight is 221 g/mol. The van der Waals surface area contributed by atoms with Crippen LogP contribution in [0.1, 0.15) is 32.3 Å². The summed E-state index contributed by atoms with van der Waals surface area (Å²) < 4.78 is 0. The molecule has 0 fully saturated rings. The highest BCUT2D eigenvalue weighted by molar-refractivity contribution is 5.48. The molecule has 3 N–H and O–H groups in total. The molecule has 0 aliphatic rings. The number of hydrogen-bond acceptors (Lipinski definition) is 3. The standard InChI is InChI=1S/C13H23N3/c1-4-11(5-2)12(14)9-16-13-6-7-15-8-10(13)3/h6-8,11-12H,4-5,9,14H2,1-3H3,(H,15,16). The van der Waals surface area contributed by atoms with E-state index < -0.39 is 0 Å². The molecular weight excluding hydrogens is 198 g/mol. The van der Waals surface area contributed by atoms with Crippen molar-refractivity contribution in [1.29, 1.82) is 0 Å². The van der Waals surface area contributed by atoms with E-state index in [1.807, 2.05) is 12.3 Å². The summed E-state index contributed by atoms with van der Waals surface area (Å²) in [7, 11) is 0. The molecule has 3 nitrogen and oxygen atoms in total. The van der Waals surface area contributed by atoms with Gasteiger partial charge in [-0.2, -0.15) is 0 Å². The van der Waals surface area contributed by atoms with Crippen molar-refractivity contribution >= 4 is 5.69 Å². The van der Waals surface area contributed by atoms with E-state index in [4.69, 9.17) is 5.73 Å². The Bertz CT molecular complexity index is 308. The van der Waals surface area contributed by atoms with Gasteiger partial charge in [0, 0.05) is 30.7 Å². The van der Waals surface area contributed by atoms with Crippen LogP contribution in [0.4, 0.5) is 5.69 Å². The molecule has 0 aromatic carbocycles. The minimum Gasteiger partial charge on any atom is -0.383 e. The fourth-order valence-electron chi connectivity index (χ4n) is 1.96. The molecule has 16 heavy (non-hydrogen) atoms. The van der Waals surface area contributed by atoms with Gasteiger partial charge in [0.1, 0.15) is 0 Å². The van der Waals surface area contributed by atoms with E-state index in [1.165, 1.54) is 5.56 Å². The summed E-state index contributed by atoms with van der Waals surface area (Å²) in [6.45, 7) is 7.28. The fraction of sp³-hybridized carbons (Fsp3) is 0.615. The van der Waals surface area contributed by atoms with Gasteiger partial charge in [0.2, 0.25) is 0 Å². The summed E-state index contributed by atoms with van der Waals surface area (Å²) in [5, 5.41) is 3.40. The average Bonchev–Trinajstić information content (AvgIpc) is 2.29. The monoisotopic (exact) mass is 221 g/mol. The van der Waals surface area contributed by atoms with E-state index in [1.54, 1.807) is 6.20 Å². The van der Waals surface area contributed by atoms with Gasteiger partial charge in [-0.3, -0.25) is 4.98 Å². The quantitative estimate of drug-likeness (QED) is 0.776. The van der Waals surface area contributed by atoms with Gasteiger partial charge in [-0.1, -0.05) is 26.7 Å². The summed E-state index contributed by atoms with van der Waals surface area (Å²) in [5.41, 5.74) is 8.46. The molecule has 3 heteroatoms. The molecule has 0 aliphatic carbocycles. The third-order valence-electron chi connectivity index (χ3n) is 3.20. The minimum atomic E-state index is 0.225. The summed E-state index contributed by atoms with van der Waals surface area (Å²) >= 11 is 0. The van der Waals surface area contributed by atoms with E-state index in [0.29, 0.717) is 5.92 Å². The van der Waals surface area contributed by atoms with Crippen LogP contribution >= 0.6 is 0 Å². The lowest BCUT2D eigenvalue weighted by molar-refractivity contribution is 0.407. The number of pyridine rings is 1. The van der Waals surface area contributed by atoms with Gasteiger partial charge in [-0.25, -0.2) is 0 Å². The largest absolute Gasteiger partial charge is 0.383 e. The van der Waals surface area contributed by atoms with Crippen LogP contribution in [0.25, 0.3) is 0 Å². The summed E-state index contributed by atoms with van der Waals surface area (Å²) in [6, 6.07) is 2.22. The highest BCUT2D eigenvalue weighted by Gasteiger charge is 2.13. The Morgan fingerprint density at radius 2 is 2.06 bits per heavy atom. The van der Waals surface area contributed by atoms with Crippen LogP contribution in [-0.2, 0) is 0 Å². The number of nitrogens with one attached hydrogen (secondary N) is 1. The van der Waals surface area contributed by atoms with E-state index in [9.17, 15) is 0 Å². The predicted octanol–water partition coefficient (Wildman–Crippen LogP) is 2.57. The lowest BCUT2D eigenvalue weighted by atomic mass is 9.95. The Labute approximate surface area is 98.5 Å². The molecule has 1 heterocycles. The number of nitrogens with zero attached hydrogens (tertiary/aromatic N) is 1. The second-order valence-corrected chi connectivity index (χ2v) is 4.31. The zero-order valence-corrected chi connectivity index (χ0v) is 10.5. The second kappa shape index (κ2) is 6.48. The first kappa shape index (κ1) is 13.0. The molecule has 0 radical (unpaired) electrons. The molecule has 1 unspecified atom stereocenters. The summed E-state index contributed by atoms with van der Waals surface area (Å²) in [5.74, 6) is 0.606. The van der Waals surface area contributed by atoms with Crippen LogP contribution in [0.3, 0.4) is 0 Å². The van der Waals surface area contributed by atoms with Crippen LogP contribution in [0, 0.1) is 12.8 Å². The van der Waals surface area contributed by atoms with Crippen LogP contribution in [0.2, 0.25) is 0 Å². The molecule has 0 amide bonds. The van der Waals surface area contributed by atoms with Crippen LogP contribution < -0.4 is 11.1 Å². The second-order valence-electron chi connectivity index (χ2n) is 4.31. The highest BCUT2D eigenvalue weighted by Crippen LogP contribution is 2.15. The van der Waals surface area contributed by atoms with Gasteiger partial charge in [-0.15, -0.1) is 0 Å². The van der Waals surface area contributed by atoms with Crippen molar-refractivity contribution in [2.75, 3.05) is 11.9 Å². The third-order valence-corrected chi connectivity index (χ3v) is 3.20. The molecule has 1 aromatic rings. The summed E-state index contributed by atoms with van der Waals surface area (Å²) in [6.07, 6.45) is 5.96. The number of rotatable bonds is 6. The van der Waals surface area contributed by atoms with Gasteiger partial charge in [0.05, 0.1) is 0 Å². The SMILES string of the molecule is CCC(CC)C(N)CNc1ccncc1C. The summed E-state index contributed by atoms with van der Waals surface area (Å²) in [4.78, 5) is 4.07. The molecule has 0 saturated carbocycles. The highest BCUT2D eigenvalue weighted by atomic mass is 14.9. The molecule has 0 saturated heterocycles. The zero-order chi connectivity index (χ0) is 12.0. The topological polar surface area (TPSA) is 50.9 Å². The molecule has 0 spiro atoms. The lowest BCUT2D eigenvalue weighted by Crippen LogP contribution is -2.36. The number of aryl methyl sites for hydroxylation is 1. The molecule has 0 aliphatic heterocycles. The number of aromatic nitrogens is 1. The fourth-order valence-corrected chi connectivity index (χ4v) is 1.96. The van der Waals surface area contributed by atoms with Gasteiger partial charge >= 0.3 is 0 Å². The van der Waals surface area contributed by atoms with Crippen molar-refractivity contribution in [2.45, 2.75) is 39.7 Å². The van der Waals surface area contributed by atoms with Crippen molar-refractivity contribution < 1.29 is 0 Å². The molecule has 90 valence electrons. The lowest BCUT2D eigenvalue weighted by Gasteiger charge is -2.22. The van der Waals surface area contributed by atoms with Gasteiger partial charge < -0.3 is 11.1 Å². The van der Waals surface area contributed by atoms with Crippen molar-refractivity contribution in [3.05, 3.63) is 24.0 Å². The van der Waals surface area contributed by atoms with Crippen molar-refractivity contribution in [3.63, 3.8) is 0 Å². The predicted molar refractivity (Wildman–Crippen MR) is 69.5 cm³/mol. The molecule has 0 bridgehead atoms. The maximum Gasteiger partial charge on any atom is 0.0401 e. The number of nitrogens with two attached hydrogens (primary N) is 1. The first-order valence-electron chi connectivity index (χ1n) is 6.09. The Hall–Kier alpha value is -1.09. The van der Waals surface area contributed by atoms with E-state index in [0.717, 1.165) is 25.1 Å². The van der Waals surface area contributed by atoms with Gasteiger partial charge in [0.25, 0.3) is 0 Å². The van der Waals surface area contributed by atoms with E-state index >= 15 is 0 Å². The van der Waals surface area contributed by atoms with Crippen LogP contribution in [0.5, 0.6) is 0 Å². The molecular formula is C13H23N3. The first-order valence-corrected chi connectivity index (χ1v) is 6.09. The smallest absolute Gasteiger partial charge is 0.0401 e. The zero-order valence-electron chi connectivity index (χ0n) is 10.5. The maximum absolute atomic E-state index is 6.16. The van der Waals surface area contributed by atoms with E-state index in [2.05, 4.69) is 31.1 Å². The van der Waals surface area contributed by atoms with Gasteiger partial charge in [-0.05, 0) is 24.5 Å². The molecule has 1 aromatic heterocycles. The van der Waals surface area contributed by atoms with Crippen molar-refractivity contribution in [3.8, 4) is 0 Å². The normalized spacial score (nSPS) is 12.8. The molecule has 1 atom stereocenters. The Balaban J connectivity index is 2.48. The Morgan fingerprint density at radius 1 is 1.38 bits per heavy atom. The Kier molecular flexibility index (Phi) is 5.26. The third kappa shape index (κ3) is 3.49. The van der Waals surface area contributed by atoms with E-state index in [-0.39, 0.29) is 6.04 Å². The van der Waals surface area contributed by atoms with Crippen molar-refractivity contribution in [1.82, 2.24) is 4.98 Å². The molecule has 1 rings (SSSR count). The number of hydrogen-bond donors (Lipinski definition) is 2. The van der Waals surface area contributed by atoms with Crippen LogP contribution in [0.15, 0.2) is 18.5 Å². The van der Waals surface area contributed by atoms with Crippen molar-refractivity contribution in [2.24, 2.45) is 11.7 Å². The minimum absolute atomic E-state index is 0.225. The first-order chi connectivity index (χ1) is 7.69. The maximum atomic E-state index is 6.16. The van der Waals surface area contributed by atoms with Crippen LogP contribution in [-0.4, -0.2) is 17.6 Å². The Morgan fingerprint density at radius 3 is 2.62 bits per heavy atom. The van der Waals surface area contributed by atoms with Gasteiger partial charge in [0.15, 0.2) is 0 Å². The number of anilines is 1.